The normalized spacial score (nSPS) is 11.6. The van der Waals surface area contributed by atoms with Gasteiger partial charge in [0.15, 0.2) is 18.3 Å². The van der Waals surface area contributed by atoms with Gasteiger partial charge >= 0.3 is 5.97 Å². The number of thiophene rings is 1. The molecule has 0 aliphatic heterocycles. The standard InChI is InChI=1S/C22H16N4O3S2/c1-14-13-31-21(24-14)16(10-23)18(27)12-29-22(28)17-11-26(15-6-3-2-4-7-15)25-20(17)19-8-5-9-30-19/h2-9,11,13,16H,12H2,1H3. The van der Waals surface area contributed by atoms with Crippen LogP contribution in [0.25, 0.3) is 16.3 Å². The molecule has 0 aliphatic carbocycles. The summed E-state index contributed by atoms with van der Waals surface area (Å²) in [6.45, 7) is 1.27. The molecule has 0 fully saturated rings. The first kappa shape index (κ1) is 20.7. The van der Waals surface area contributed by atoms with Crippen molar-refractivity contribution in [2.24, 2.45) is 0 Å². The maximum atomic E-state index is 12.8. The molecule has 0 spiro atoms. The van der Waals surface area contributed by atoms with Crippen LogP contribution in [0.3, 0.4) is 0 Å². The van der Waals surface area contributed by atoms with E-state index in [9.17, 15) is 14.9 Å². The van der Waals surface area contributed by atoms with Crippen LogP contribution in [0.1, 0.15) is 27.0 Å². The van der Waals surface area contributed by atoms with E-state index in [1.54, 1.807) is 23.2 Å². The molecule has 1 unspecified atom stereocenters. The molecule has 4 aromatic rings. The molecule has 7 nitrogen and oxygen atoms in total. The fourth-order valence-electron chi connectivity index (χ4n) is 2.90. The number of aryl methyl sites for hydroxylation is 1. The second kappa shape index (κ2) is 9.04. The Hall–Kier alpha value is -3.61. The minimum Gasteiger partial charge on any atom is -0.454 e. The van der Waals surface area contributed by atoms with E-state index < -0.39 is 24.3 Å². The SMILES string of the molecule is Cc1csc(C(C#N)C(=O)COC(=O)c2cn(-c3ccccc3)nc2-c2cccs2)n1. The van der Waals surface area contributed by atoms with Gasteiger partial charge in [-0.3, -0.25) is 4.79 Å². The number of ketones is 1. The lowest BCUT2D eigenvalue weighted by molar-refractivity contribution is -0.122. The molecule has 0 bridgehead atoms. The summed E-state index contributed by atoms with van der Waals surface area (Å²) in [6.07, 6.45) is 1.59. The number of nitriles is 1. The molecular formula is C22H16N4O3S2. The van der Waals surface area contributed by atoms with E-state index in [1.807, 2.05) is 53.9 Å². The van der Waals surface area contributed by atoms with Gasteiger partial charge in [0.25, 0.3) is 0 Å². The molecular weight excluding hydrogens is 432 g/mol. The summed E-state index contributed by atoms with van der Waals surface area (Å²) < 4.78 is 6.88. The lowest BCUT2D eigenvalue weighted by Gasteiger charge is -2.06. The summed E-state index contributed by atoms with van der Waals surface area (Å²) in [5, 5.41) is 18.0. The van der Waals surface area contributed by atoms with Gasteiger partial charge < -0.3 is 4.74 Å². The van der Waals surface area contributed by atoms with Crippen molar-refractivity contribution in [3.63, 3.8) is 0 Å². The van der Waals surface area contributed by atoms with Crippen molar-refractivity contribution >= 4 is 34.4 Å². The Morgan fingerprint density at radius 3 is 2.65 bits per heavy atom. The molecule has 0 N–H and O–H groups in total. The predicted octanol–water partition coefficient (Wildman–Crippen LogP) is 4.40. The van der Waals surface area contributed by atoms with Crippen molar-refractivity contribution in [1.29, 1.82) is 5.26 Å². The highest BCUT2D eigenvalue weighted by Crippen LogP contribution is 2.28. The van der Waals surface area contributed by atoms with Gasteiger partial charge in [-0.2, -0.15) is 10.4 Å². The Kier molecular flexibility index (Phi) is 6.02. The first-order valence-electron chi connectivity index (χ1n) is 9.27. The quantitative estimate of drug-likeness (QED) is 0.389. The van der Waals surface area contributed by atoms with Crippen molar-refractivity contribution in [1.82, 2.24) is 14.8 Å². The van der Waals surface area contributed by atoms with Gasteiger partial charge in [0.1, 0.15) is 16.3 Å². The van der Waals surface area contributed by atoms with E-state index in [0.717, 1.165) is 16.3 Å². The maximum Gasteiger partial charge on any atom is 0.342 e. The summed E-state index contributed by atoms with van der Waals surface area (Å²) in [5.41, 5.74) is 2.25. The Balaban J connectivity index is 1.56. The van der Waals surface area contributed by atoms with E-state index >= 15 is 0 Å². The number of thiazole rings is 1. The second-order valence-corrected chi connectivity index (χ2v) is 8.42. The maximum absolute atomic E-state index is 12.8. The number of carbonyl (C=O) groups is 2. The molecule has 0 saturated heterocycles. The van der Waals surface area contributed by atoms with Crippen molar-refractivity contribution in [2.45, 2.75) is 12.8 Å². The summed E-state index contributed by atoms with van der Waals surface area (Å²) in [7, 11) is 0. The third-order valence-electron chi connectivity index (χ3n) is 4.39. The zero-order valence-electron chi connectivity index (χ0n) is 16.4. The minimum atomic E-state index is -1.06. The monoisotopic (exact) mass is 448 g/mol. The largest absolute Gasteiger partial charge is 0.454 e. The number of carbonyl (C=O) groups excluding carboxylic acids is 2. The van der Waals surface area contributed by atoms with Gasteiger partial charge in [-0.15, -0.1) is 22.7 Å². The number of hydrogen-bond acceptors (Lipinski definition) is 8. The summed E-state index contributed by atoms with van der Waals surface area (Å²) in [4.78, 5) is 30.4. The first-order chi connectivity index (χ1) is 15.1. The van der Waals surface area contributed by atoms with Crippen LogP contribution in [0.5, 0.6) is 0 Å². The molecule has 0 amide bonds. The summed E-state index contributed by atoms with van der Waals surface area (Å²) in [5.74, 6) is -2.25. The molecule has 9 heteroatoms. The van der Waals surface area contributed by atoms with E-state index in [1.165, 1.54) is 22.7 Å². The molecule has 1 atom stereocenters. The number of hydrogen-bond donors (Lipinski definition) is 0. The number of benzene rings is 1. The van der Waals surface area contributed by atoms with Crippen LogP contribution in [0.2, 0.25) is 0 Å². The van der Waals surface area contributed by atoms with Gasteiger partial charge in [0.05, 0.1) is 16.6 Å². The van der Waals surface area contributed by atoms with Gasteiger partial charge in [0.2, 0.25) is 0 Å². The van der Waals surface area contributed by atoms with Crippen molar-refractivity contribution in [2.75, 3.05) is 6.61 Å². The summed E-state index contributed by atoms with van der Waals surface area (Å²) in [6, 6.07) is 15.1. The van der Waals surface area contributed by atoms with Gasteiger partial charge in [-0.1, -0.05) is 24.3 Å². The van der Waals surface area contributed by atoms with Crippen molar-refractivity contribution in [3.8, 4) is 22.3 Å². The van der Waals surface area contributed by atoms with E-state index in [0.29, 0.717) is 10.7 Å². The fourth-order valence-corrected chi connectivity index (χ4v) is 4.48. The molecule has 31 heavy (non-hydrogen) atoms. The Morgan fingerprint density at radius 1 is 1.19 bits per heavy atom. The van der Waals surface area contributed by atoms with Crippen molar-refractivity contribution < 1.29 is 14.3 Å². The Labute approximate surface area is 186 Å². The zero-order valence-corrected chi connectivity index (χ0v) is 18.0. The molecule has 154 valence electrons. The van der Waals surface area contributed by atoms with Gasteiger partial charge in [-0.25, -0.2) is 14.5 Å². The number of rotatable bonds is 7. The number of Topliss-reactive ketones (excluding diaryl/α,β-unsaturated/α-hetero) is 1. The number of ether oxygens (including phenoxy) is 1. The number of para-hydroxylation sites is 1. The molecule has 0 radical (unpaired) electrons. The molecule has 3 heterocycles. The third-order valence-corrected chi connectivity index (χ3v) is 6.29. The highest BCUT2D eigenvalue weighted by Gasteiger charge is 2.26. The summed E-state index contributed by atoms with van der Waals surface area (Å²) >= 11 is 2.68. The topological polar surface area (TPSA) is 97.9 Å². The fraction of sp³-hybridized carbons (Fsp3) is 0.136. The van der Waals surface area contributed by atoms with Gasteiger partial charge in [-0.05, 0) is 30.5 Å². The van der Waals surface area contributed by atoms with Crippen LogP contribution >= 0.6 is 22.7 Å². The van der Waals surface area contributed by atoms with Crippen LogP contribution in [-0.2, 0) is 9.53 Å². The van der Waals surface area contributed by atoms with Crippen LogP contribution < -0.4 is 0 Å². The number of nitrogens with zero attached hydrogens (tertiary/aromatic N) is 4. The highest BCUT2D eigenvalue weighted by molar-refractivity contribution is 7.13. The van der Waals surface area contributed by atoms with Gasteiger partial charge in [0, 0.05) is 17.3 Å². The van der Waals surface area contributed by atoms with Crippen LogP contribution in [0, 0.1) is 18.3 Å². The van der Waals surface area contributed by atoms with E-state index in [2.05, 4.69) is 10.1 Å². The smallest absolute Gasteiger partial charge is 0.342 e. The molecule has 0 saturated carbocycles. The lowest BCUT2D eigenvalue weighted by atomic mass is 10.1. The third kappa shape index (κ3) is 4.45. The average molecular weight is 449 g/mol. The zero-order chi connectivity index (χ0) is 21.8. The van der Waals surface area contributed by atoms with Crippen LogP contribution in [-0.4, -0.2) is 33.1 Å². The lowest BCUT2D eigenvalue weighted by Crippen LogP contribution is -2.20. The van der Waals surface area contributed by atoms with E-state index in [4.69, 9.17) is 4.74 Å². The highest BCUT2D eigenvalue weighted by atomic mass is 32.1. The van der Waals surface area contributed by atoms with E-state index in [-0.39, 0.29) is 5.56 Å². The number of esters is 1. The molecule has 0 aliphatic rings. The average Bonchev–Trinajstić information content (AvgIpc) is 3.54. The Morgan fingerprint density at radius 2 is 2.00 bits per heavy atom. The Bertz CT molecular complexity index is 1250. The second-order valence-electron chi connectivity index (χ2n) is 6.58. The van der Waals surface area contributed by atoms with Crippen molar-refractivity contribution in [3.05, 3.63) is 75.7 Å². The molecule has 3 aromatic heterocycles. The number of aromatic nitrogens is 3. The molecule has 4 rings (SSSR count). The van der Waals surface area contributed by atoms with Crippen LogP contribution in [0.15, 0.2) is 59.4 Å². The van der Waals surface area contributed by atoms with Crippen LogP contribution in [0.4, 0.5) is 0 Å². The molecule has 1 aromatic carbocycles. The first-order valence-corrected chi connectivity index (χ1v) is 11.0. The minimum absolute atomic E-state index is 0.248. The predicted molar refractivity (Wildman–Crippen MR) is 117 cm³/mol.